The number of benzene rings is 2. The van der Waals surface area contributed by atoms with Gasteiger partial charge in [-0.2, -0.15) is 0 Å². The van der Waals surface area contributed by atoms with Crippen LogP contribution in [0.25, 0.3) is 11.3 Å². The van der Waals surface area contributed by atoms with E-state index in [0.717, 1.165) is 34.7 Å². The summed E-state index contributed by atoms with van der Waals surface area (Å²) in [7, 11) is 3.45. The monoisotopic (exact) mass is 532 g/mol. The van der Waals surface area contributed by atoms with Crippen LogP contribution >= 0.6 is 24.0 Å². The molecule has 2 N–H and O–H groups in total. The normalized spacial score (nSPS) is 10.8. The van der Waals surface area contributed by atoms with Crippen LogP contribution in [0.1, 0.15) is 12.0 Å². The molecule has 7 heteroatoms. The molecule has 0 aliphatic heterocycles. The summed E-state index contributed by atoms with van der Waals surface area (Å²) in [5, 5.41) is 6.66. The molecule has 0 fully saturated rings. The molecule has 1 heterocycles. The van der Waals surface area contributed by atoms with Crippen LogP contribution in [0.15, 0.2) is 77.9 Å². The second kappa shape index (κ2) is 13.6. The van der Waals surface area contributed by atoms with Crippen LogP contribution in [0.5, 0.6) is 5.75 Å². The van der Waals surface area contributed by atoms with Gasteiger partial charge in [0.1, 0.15) is 5.75 Å². The number of anilines is 1. The summed E-state index contributed by atoms with van der Waals surface area (Å²) < 4.78 is 10.8. The average molecular weight is 532 g/mol. The standard InChI is InChI=1S/C24H28N4O2.HI/c1-25-24(28-21-10-6-11-22(17-21)30-15-7-14-29-2)27-18-19-8-5-9-20(16-19)23-12-3-4-13-26-23;/h3-6,8-13,16-17H,7,14-15,18H2,1-2H3,(H2,25,27,28);1H. The molecule has 0 saturated heterocycles. The van der Waals surface area contributed by atoms with Gasteiger partial charge < -0.3 is 20.1 Å². The number of guanidine groups is 1. The minimum absolute atomic E-state index is 0. The highest BCUT2D eigenvalue weighted by Crippen LogP contribution is 2.19. The molecule has 0 bridgehead atoms. The number of halogens is 1. The SMILES string of the molecule is CN=C(NCc1cccc(-c2ccccn2)c1)Nc1cccc(OCCCOC)c1.I. The van der Waals surface area contributed by atoms with E-state index < -0.39 is 0 Å². The zero-order chi connectivity index (χ0) is 21.0. The van der Waals surface area contributed by atoms with Crippen LogP contribution < -0.4 is 15.4 Å². The summed E-state index contributed by atoms with van der Waals surface area (Å²) >= 11 is 0. The Hall–Kier alpha value is -2.65. The van der Waals surface area contributed by atoms with Gasteiger partial charge in [-0.25, -0.2) is 0 Å². The first-order valence-electron chi connectivity index (χ1n) is 9.98. The Kier molecular flexibility index (Phi) is 10.8. The number of hydrogen-bond donors (Lipinski definition) is 2. The van der Waals surface area contributed by atoms with Crippen LogP contribution in [0, 0.1) is 0 Å². The summed E-state index contributed by atoms with van der Waals surface area (Å²) in [5.41, 5.74) is 4.12. The minimum Gasteiger partial charge on any atom is -0.493 e. The first-order chi connectivity index (χ1) is 14.8. The molecular weight excluding hydrogens is 503 g/mol. The summed E-state index contributed by atoms with van der Waals surface area (Å²) in [5.74, 6) is 1.50. The highest BCUT2D eigenvalue weighted by molar-refractivity contribution is 14.0. The fraction of sp³-hybridized carbons (Fsp3) is 0.250. The lowest BCUT2D eigenvalue weighted by atomic mass is 10.1. The Morgan fingerprint density at radius 2 is 1.87 bits per heavy atom. The van der Waals surface area contributed by atoms with Crippen molar-refractivity contribution in [1.29, 1.82) is 0 Å². The van der Waals surface area contributed by atoms with Crippen molar-refractivity contribution in [2.24, 2.45) is 4.99 Å². The molecule has 0 saturated carbocycles. The van der Waals surface area contributed by atoms with Gasteiger partial charge in [0.05, 0.1) is 12.3 Å². The summed E-state index contributed by atoms with van der Waals surface area (Å²) in [6.07, 6.45) is 2.66. The van der Waals surface area contributed by atoms with Gasteiger partial charge in [0, 0.05) is 57.2 Å². The molecule has 0 radical (unpaired) electrons. The predicted molar refractivity (Wildman–Crippen MR) is 137 cm³/mol. The lowest BCUT2D eigenvalue weighted by molar-refractivity contribution is 0.172. The Bertz CT molecular complexity index is 951. The van der Waals surface area contributed by atoms with Crippen LogP contribution in [0.3, 0.4) is 0 Å². The van der Waals surface area contributed by atoms with Crippen LogP contribution in [0.2, 0.25) is 0 Å². The van der Waals surface area contributed by atoms with E-state index >= 15 is 0 Å². The molecule has 3 rings (SSSR count). The van der Waals surface area contributed by atoms with Crippen molar-refractivity contribution in [3.8, 4) is 17.0 Å². The molecular formula is C24H29IN4O2. The van der Waals surface area contributed by atoms with Crippen molar-refractivity contribution in [1.82, 2.24) is 10.3 Å². The highest BCUT2D eigenvalue weighted by Gasteiger charge is 2.04. The van der Waals surface area contributed by atoms with Gasteiger partial charge in [0.15, 0.2) is 5.96 Å². The number of hydrogen-bond acceptors (Lipinski definition) is 4. The Labute approximate surface area is 201 Å². The molecule has 164 valence electrons. The zero-order valence-electron chi connectivity index (χ0n) is 17.9. The molecule has 0 spiro atoms. The molecule has 2 aromatic carbocycles. The number of methoxy groups -OCH3 is 1. The van der Waals surface area contributed by atoms with Crippen molar-refractivity contribution in [3.05, 3.63) is 78.5 Å². The fourth-order valence-electron chi connectivity index (χ4n) is 2.93. The molecule has 0 atom stereocenters. The van der Waals surface area contributed by atoms with Gasteiger partial charge in [-0.1, -0.05) is 30.3 Å². The first kappa shape index (κ1) is 24.6. The van der Waals surface area contributed by atoms with Gasteiger partial charge in [0.25, 0.3) is 0 Å². The maximum Gasteiger partial charge on any atom is 0.195 e. The van der Waals surface area contributed by atoms with Crippen molar-refractivity contribution in [3.63, 3.8) is 0 Å². The summed E-state index contributed by atoms with van der Waals surface area (Å²) in [6.45, 7) is 1.96. The number of ether oxygens (including phenoxy) is 2. The van der Waals surface area contributed by atoms with Gasteiger partial charge in [-0.05, 0) is 35.9 Å². The number of aromatic nitrogens is 1. The van der Waals surface area contributed by atoms with E-state index in [4.69, 9.17) is 9.47 Å². The number of pyridine rings is 1. The first-order valence-corrected chi connectivity index (χ1v) is 9.98. The van der Waals surface area contributed by atoms with E-state index in [0.29, 0.717) is 25.7 Å². The molecule has 0 aliphatic rings. The minimum atomic E-state index is 0. The molecule has 6 nitrogen and oxygen atoms in total. The van der Waals surface area contributed by atoms with Gasteiger partial charge >= 0.3 is 0 Å². The van der Waals surface area contributed by atoms with Crippen molar-refractivity contribution in [2.45, 2.75) is 13.0 Å². The van der Waals surface area contributed by atoms with Crippen LogP contribution in [-0.4, -0.2) is 38.3 Å². The van der Waals surface area contributed by atoms with E-state index in [1.807, 2.05) is 48.5 Å². The topological polar surface area (TPSA) is 67.8 Å². The summed E-state index contributed by atoms with van der Waals surface area (Å²) in [6, 6.07) is 22.1. The number of rotatable bonds is 9. The van der Waals surface area contributed by atoms with Gasteiger partial charge in [-0.3, -0.25) is 9.98 Å². The van der Waals surface area contributed by atoms with Crippen molar-refractivity contribution < 1.29 is 9.47 Å². The second-order valence-electron chi connectivity index (χ2n) is 6.69. The van der Waals surface area contributed by atoms with Crippen LogP contribution in [0.4, 0.5) is 5.69 Å². The van der Waals surface area contributed by atoms with Crippen molar-refractivity contribution >= 4 is 35.6 Å². The lowest BCUT2D eigenvalue weighted by Crippen LogP contribution is -2.30. The van der Waals surface area contributed by atoms with E-state index in [9.17, 15) is 0 Å². The maximum absolute atomic E-state index is 5.76. The molecule has 31 heavy (non-hydrogen) atoms. The number of aliphatic imine (C=N–C) groups is 1. The van der Waals surface area contributed by atoms with E-state index in [1.54, 1.807) is 20.4 Å². The van der Waals surface area contributed by atoms with Gasteiger partial charge in [-0.15, -0.1) is 24.0 Å². The number of nitrogens with zero attached hydrogens (tertiary/aromatic N) is 2. The summed E-state index contributed by atoms with van der Waals surface area (Å²) in [4.78, 5) is 8.74. The Balaban J connectivity index is 0.00000341. The van der Waals surface area contributed by atoms with Crippen molar-refractivity contribution in [2.75, 3.05) is 32.7 Å². The van der Waals surface area contributed by atoms with E-state index in [2.05, 4.69) is 38.8 Å². The maximum atomic E-state index is 5.76. The zero-order valence-corrected chi connectivity index (χ0v) is 20.2. The van der Waals surface area contributed by atoms with E-state index in [1.165, 1.54) is 0 Å². The van der Waals surface area contributed by atoms with Gasteiger partial charge in [0.2, 0.25) is 0 Å². The molecule has 0 aliphatic carbocycles. The third-order valence-electron chi connectivity index (χ3n) is 4.43. The molecule has 3 aromatic rings. The third kappa shape index (κ3) is 8.18. The molecule has 1 aromatic heterocycles. The smallest absolute Gasteiger partial charge is 0.195 e. The quantitative estimate of drug-likeness (QED) is 0.176. The molecule has 0 unspecified atom stereocenters. The average Bonchev–Trinajstić information content (AvgIpc) is 2.80. The Morgan fingerprint density at radius 1 is 1.00 bits per heavy atom. The largest absolute Gasteiger partial charge is 0.493 e. The fourth-order valence-corrected chi connectivity index (χ4v) is 2.93. The second-order valence-corrected chi connectivity index (χ2v) is 6.69. The van der Waals surface area contributed by atoms with Crippen LogP contribution in [-0.2, 0) is 11.3 Å². The Morgan fingerprint density at radius 3 is 2.65 bits per heavy atom. The number of nitrogens with one attached hydrogen (secondary N) is 2. The third-order valence-corrected chi connectivity index (χ3v) is 4.43. The van der Waals surface area contributed by atoms with E-state index in [-0.39, 0.29) is 24.0 Å². The predicted octanol–water partition coefficient (Wildman–Crippen LogP) is 4.97. The highest BCUT2D eigenvalue weighted by atomic mass is 127. The molecule has 0 amide bonds. The lowest BCUT2D eigenvalue weighted by Gasteiger charge is -2.14.